The zero-order valence-electron chi connectivity index (χ0n) is 42.3. The van der Waals surface area contributed by atoms with Crippen molar-refractivity contribution in [3.63, 3.8) is 0 Å². The molecular weight excluding hydrogens is 974 g/mol. The number of esters is 1. The van der Waals surface area contributed by atoms with E-state index >= 15 is 4.39 Å². The molecule has 8 N–H and O–H groups in total. The molecule has 5 heterocycles. The van der Waals surface area contributed by atoms with Crippen LogP contribution in [-0.4, -0.2) is 98.8 Å². The lowest BCUT2D eigenvalue weighted by Crippen LogP contribution is -2.53. The van der Waals surface area contributed by atoms with Crippen molar-refractivity contribution in [2.45, 2.75) is 123 Å². The van der Waals surface area contributed by atoms with E-state index in [4.69, 9.17) is 20.2 Å². The Hall–Kier alpha value is -7.85. The molecule has 7 amide bonds. The quantitative estimate of drug-likeness (QED) is 0.0355. The summed E-state index contributed by atoms with van der Waals surface area (Å²) in [5.41, 5.74) is 7.14. The second-order valence-electron chi connectivity index (χ2n) is 19.5. The second kappa shape index (κ2) is 21.9. The van der Waals surface area contributed by atoms with Crippen LogP contribution in [0, 0.1) is 18.7 Å². The van der Waals surface area contributed by atoms with Crippen LogP contribution in [0.5, 0.6) is 0 Å². The van der Waals surface area contributed by atoms with Gasteiger partial charge in [-0.15, -0.1) is 0 Å². The number of aryl methyl sites for hydroxylation is 1. The Morgan fingerprint density at radius 1 is 0.973 bits per heavy atom. The molecule has 0 unspecified atom stereocenters. The number of benzene rings is 2. The molecule has 4 aromatic rings. The summed E-state index contributed by atoms with van der Waals surface area (Å²) in [6.45, 7) is 7.99. The van der Waals surface area contributed by atoms with Gasteiger partial charge in [-0.3, -0.25) is 38.5 Å². The average Bonchev–Trinajstić information content (AvgIpc) is 3.92. The van der Waals surface area contributed by atoms with E-state index in [1.54, 1.807) is 33.8 Å². The van der Waals surface area contributed by atoms with Crippen molar-refractivity contribution in [1.29, 1.82) is 0 Å². The molecule has 396 valence electrons. The van der Waals surface area contributed by atoms with Crippen molar-refractivity contribution < 1.29 is 57.3 Å². The van der Waals surface area contributed by atoms with Gasteiger partial charge in [0.05, 0.1) is 35.1 Å². The minimum atomic E-state index is -2.07. The maximum absolute atomic E-state index is 15.5. The number of imide groups is 1. The normalized spacial score (nSPS) is 18.0. The predicted molar refractivity (Wildman–Crippen MR) is 269 cm³/mol. The fraction of sp³-hybridized carbons (Fsp3) is 0.434. The summed E-state index contributed by atoms with van der Waals surface area (Å²) in [4.78, 5) is 123. The molecular formula is C53H60FN9O12. The number of anilines is 1. The van der Waals surface area contributed by atoms with Crippen LogP contribution in [0.15, 0.2) is 47.3 Å². The number of hydrogen-bond acceptors (Lipinski definition) is 14. The minimum Gasteiger partial charge on any atom is -0.458 e. The number of aromatic nitrogens is 2. The van der Waals surface area contributed by atoms with Gasteiger partial charge in [-0.05, 0) is 86.8 Å². The van der Waals surface area contributed by atoms with Crippen LogP contribution >= 0.6 is 0 Å². The first-order valence-electron chi connectivity index (χ1n) is 25.1. The first-order chi connectivity index (χ1) is 35.8. The van der Waals surface area contributed by atoms with E-state index in [-0.39, 0.29) is 97.2 Å². The van der Waals surface area contributed by atoms with Crippen LogP contribution in [0.1, 0.15) is 122 Å². The highest BCUT2D eigenvalue weighted by Crippen LogP contribution is 2.46. The van der Waals surface area contributed by atoms with E-state index in [1.807, 2.05) is 0 Å². The first kappa shape index (κ1) is 53.4. The number of unbranched alkanes of at least 4 members (excludes halogenated alkanes) is 2. The number of aliphatic hydroxyl groups is 1. The van der Waals surface area contributed by atoms with E-state index in [9.17, 15) is 48.3 Å². The monoisotopic (exact) mass is 1030 g/mol. The molecule has 0 saturated carbocycles. The zero-order chi connectivity index (χ0) is 54.0. The Morgan fingerprint density at radius 2 is 1.72 bits per heavy atom. The van der Waals surface area contributed by atoms with Gasteiger partial charge < -0.3 is 51.5 Å². The fourth-order valence-corrected chi connectivity index (χ4v) is 10.1. The molecule has 75 heavy (non-hydrogen) atoms. The third-order valence-electron chi connectivity index (χ3n) is 14.3. The van der Waals surface area contributed by atoms with Crippen molar-refractivity contribution in [2.75, 3.05) is 25.0 Å². The number of nitrogens with one attached hydrogen (secondary N) is 5. The second-order valence-corrected chi connectivity index (χ2v) is 19.5. The van der Waals surface area contributed by atoms with Crippen molar-refractivity contribution in [1.82, 2.24) is 35.7 Å². The lowest BCUT2D eigenvalue weighted by molar-refractivity contribution is -0.172. The predicted octanol–water partition coefficient (Wildman–Crippen LogP) is 3.20. The van der Waals surface area contributed by atoms with Crippen LogP contribution < -0.4 is 37.9 Å². The Bertz CT molecular complexity index is 3130. The Balaban J connectivity index is 0.937. The third-order valence-corrected chi connectivity index (χ3v) is 14.3. The van der Waals surface area contributed by atoms with Gasteiger partial charge in [0.1, 0.15) is 31.1 Å². The largest absolute Gasteiger partial charge is 0.458 e. The van der Waals surface area contributed by atoms with E-state index in [2.05, 4.69) is 26.6 Å². The molecule has 21 nitrogen and oxygen atoms in total. The fourth-order valence-electron chi connectivity index (χ4n) is 10.1. The number of alkyl carbamates (subject to hydrolysis) is 1. The van der Waals surface area contributed by atoms with Gasteiger partial charge in [0.15, 0.2) is 5.60 Å². The lowest BCUT2D eigenvalue weighted by Gasteiger charge is -2.31. The number of rotatable bonds is 19. The highest BCUT2D eigenvalue weighted by molar-refractivity contribution is 6.12. The standard InChI is InChI=1S/C53H60FN9O12/c1-6-53(73)35-21-39-46-33(23-63(39)50(70)34(35)25-74-51(53)71)44-37(14-13-31-27(4)36(54)22-38(59-46)43(31)44)60-52(72)75-24-29-11-12-30(20-32(29)48(68)56-18-17-55)58-47(67)28(5)57-49(69)45(26(2)3)61-40(64)10-8-7-9-19-62-41(65)15-16-42(62)66/h11-12,15-16,20-22,26,28,37,45,73H,6-10,13-14,17-19,23-25,55H2,1-5H3,(H,56,68)(H,57,69)(H,58,67)(H,60,72)(H,61,64)/t28-,37-,45-,53-/m0/s1. The van der Waals surface area contributed by atoms with Gasteiger partial charge in [0, 0.05) is 77.6 Å². The number of pyridine rings is 2. The molecule has 0 radical (unpaired) electrons. The summed E-state index contributed by atoms with van der Waals surface area (Å²) in [7, 11) is 0. The van der Waals surface area contributed by atoms with Gasteiger partial charge in [-0.25, -0.2) is 19.0 Å². The van der Waals surface area contributed by atoms with Crippen molar-refractivity contribution in [3.05, 3.63) is 103 Å². The van der Waals surface area contributed by atoms with Crippen LogP contribution in [0.4, 0.5) is 14.9 Å². The molecule has 4 aliphatic rings. The number of halogens is 1. The van der Waals surface area contributed by atoms with E-state index in [0.717, 1.165) is 4.90 Å². The molecule has 0 saturated heterocycles. The van der Waals surface area contributed by atoms with Gasteiger partial charge in [0.2, 0.25) is 17.7 Å². The van der Waals surface area contributed by atoms with E-state index in [0.29, 0.717) is 76.6 Å². The highest BCUT2D eigenvalue weighted by Gasteiger charge is 2.46. The Morgan fingerprint density at radius 3 is 2.43 bits per heavy atom. The molecule has 22 heteroatoms. The van der Waals surface area contributed by atoms with Crippen LogP contribution in [0.25, 0.3) is 22.3 Å². The maximum Gasteiger partial charge on any atom is 0.407 e. The van der Waals surface area contributed by atoms with Crippen LogP contribution in [-0.2, 0) is 70.0 Å². The molecule has 2 aromatic carbocycles. The number of carbonyl (C=O) groups excluding carboxylic acids is 8. The minimum absolute atomic E-state index is 0.0278. The number of ether oxygens (including phenoxy) is 2. The van der Waals surface area contributed by atoms with E-state index < -0.39 is 71.5 Å². The van der Waals surface area contributed by atoms with Gasteiger partial charge in [-0.2, -0.15) is 0 Å². The third kappa shape index (κ3) is 10.6. The van der Waals surface area contributed by atoms with Gasteiger partial charge in [0.25, 0.3) is 23.3 Å². The number of fused-ring (bicyclic) bond motifs is 5. The van der Waals surface area contributed by atoms with Crippen molar-refractivity contribution >= 4 is 64.1 Å². The summed E-state index contributed by atoms with van der Waals surface area (Å²) in [6.07, 6.45) is 3.85. The number of nitrogens with two attached hydrogens (primary N) is 1. The maximum atomic E-state index is 15.5. The Kier molecular flexibility index (Phi) is 15.6. The lowest BCUT2D eigenvalue weighted by atomic mass is 9.81. The molecule has 0 bridgehead atoms. The highest BCUT2D eigenvalue weighted by atomic mass is 19.1. The van der Waals surface area contributed by atoms with Gasteiger partial charge >= 0.3 is 12.1 Å². The first-order valence-corrected chi connectivity index (χ1v) is 25.1. The molecule has 0 fully saturated rings. The summed E-state index contributed by atoms with van der Waals surface area (Å²) >= 11 is 0. The molecule has 4 atom stereocenters. The average molecular weight is 1030 g/mol. The number of cyclic esters (lactones) is 1. The van der Waals surface area contributed by atoms with Crippen molar-refractivity contribution in [3.8, 4) is 11.4 Å². The van der Waals surface area contributed by atoms with Gasteiger partial charge in [-0.1, -0.05) is 33.3 Å². The smallest absolute Gasteiger partial charge is 0.407 e. The molecule has 0 spiro atoms. The zero-order valence-corrected chi connectivity index (χ0v) is 42.3. The Labute approximate surface area is 430 Å². The SMILES string of the molecule is CC[C@@]1(O)C(=O)OCc2c1cc1n(c2=O)Cc2c-1nc1cc(F)c(C)c3c1c2[C@@H](NC(=O)OCc1ccc(NC(=O)[C@H](C)NC(=O)[C@@H](NC(=O)CCCCCN2C(=O)C=CC2=O)C(C)C)cc1C(=O)NCCN)CC3. The topological polar surface area (TPSA) is 300 Å². The van der Waals surface area contributed by atoms with Crippen LogP contribution in [0.2, 0.25) is 0 Å². The molecule has 3 aliphatic heterocycles. The van der Waals surface area contributed by atoms with E-state index in [1.165, 1.54) is 47.9 Å². The molecule has 2 aromatic heterocycles. The number of carbonyl (C=O) groups is 8. The number of nitrogens with zero attached hydrogens (tertiary/aromatic N) is 3. The molecule has 8 rings (SSSR count). The number of hydrogen-bond donors (Lipinski definition) is 7. The summed E-state index contributed by atoms with van der Waals surface area (Å²) in [5, 5.41) is 25.8. The summed E-state index contributed by atoms with van der Waals surface area (Å²) in [5.74, 6) is -4.61. The summed E-state index contributed by atoms with van der Waals surface area (Å²) in [6, 6.07) is 4.47. The van der Waals surface area contributed by atoms with Crippen molar-refractivity contribution in [2.24, 2.45) is 11.7 Å². The summed E-state index contributed by atoms with van der Waals surface area (Å²) < 4.78 is 27.9. The number of amides is 7. The van der Waals surface area contributed by atoms with Crippen LogP contribution in [0.3, 0.4) is 0 Å². The molecule has 1 aliphatic carbocycles.